The number of aliphatic carboxylic acids is 1. The molecule has 19 heavy (non-hydrogen) atoms. The van der Waals surface area contributed by atoms with Gasteiger partial charge in [0.1, 0.15) is 0 Å². The molecule has 0 aromatic carbocycles. The van der Waals surface area contributed by atoms with E-state index in [1.54, 1.807) is 0 Å². The van der Waals surface area contributed by atoms with Gasteiger partial charge in [-0.05, 0) is 34.6 Å². The highest BCUT2D eigenvalue weighted by Crippen LogP contribution is 2.03. The average Bonchev–Trinajstić information content (AvgIpc) is 2.09. The molecule has 128 valence electrons. The molecule has 0 fully saturated rings. The fourth-order valence-electron chi connectivity index (χ4n) is 1.34. The quantitative estimate of drug-likeness (QED) is 0.468. The number of nitrogens with zero attached hydrogens (tertiary/aromatic N) is 1. The van der Waals surface area contributed by atoms with Gasteiger partial charge >= 0.3 is 0 Å². The summed E-state index contributed by atoms with van der Waals surface area (Å²) < 4.78 is 1.28. The summed E-state index contributed by atoms with van der Waals surface area (Å²) >= 11 is 0. The van der Waals surface area contributed by atoms with Gasteiger partial charge in [-0.3, -0.25) is 0 Å². The van der Waals surface area contributed by atoms with E-state index >= 15 is 0 Å². The maximum absolute atomic E-state index is 8.89. The molecule has 0 aliphatic rings. The Labute approximate surface area is 115 Å². The number of hydrogen-bond acceptors (Lipinski definition) is 2. The number of carboxylic acids is 1. The van der Waals surface area contributed by atoms with Gasteiger partial charge in [0.05, 0.1) is 26.2 Å². The number of rotatable bonds is 4. The van der Waals surface area contributed by atoms with E-state index in [2.05, 4.69) is 27.7 Å². The van der Waals surface area contributed by atoms with Gasteiger partial charge in [-0.2, -0.15) is 0 Å². The van der Waals surface area contributed by atoms with E-state index in [9.17, 15) is 0 Å². The molecule has 12 N–H and O–H groups in total. The second-order valence-corrected chi connectivity index (χ2v) is 3.10. The highest BCUT2D eigenvalue weighted by atomic mass is 16.4. The van der Waals surface area contributed by atoms with Gasteiger partial charge in [-0.25, -0.2) is 0 Å². The normalized spacial score (nSPS) is 7.00. The molecule has 9 heteroatoms. The number of carbonyl (C=O) groups is 1. The summed E-state index contributed by atoms with van der Waals surface area (Å²) in [4.78, 5) is 8.89. The summed E-state index contributed by atoms with van der Waals surface area (Å²) in [5.74, 6) is -1.08. The predicted molar refractivity (Wildman–Crippen MR) is 74.8 cm³/mol. The van der Waals surface area contributed by atoms with Crippen LogP contribution in [0.3, 0.4) is 0 Å². The number of quaternary nitrogens is 1. The van der Waals surface area contributed by atoms with Crippen molar-refractivity contribution >= 4 is 5.97 Å². The van der Waals surface area contributed by atoms with E-state index in [0.717, 1.165) is 6.92 Å². The van der Waals surface area contributed by atoms with Crippen molar-refractivity contribution in [2.24, 2.45) is 0 Å². The molecule has 0 aromatic rings. The van der Waals surface area contributed by atoms with Gasteiger partial charge < -0.3 is 47.2 Å². The lowest BCUT2D eigenvalue weighted by Crippen LogP contribution is -2.47. The summed E-state index contributed by atoms with van der Waals surface area (Å²) in [6.45, 7) is 15.2. The molecular formula is C10H35NO8. The van der Waals surface area contributed by atoms with Gasteiger partial charge in [0.25, 0.3) is 0 Å². The summed E-state index contributed by atoms with van der Waals surface area (Å²) in [6, 6.07) is 0. The SMILES string of the molecule is CC(=O)[O-].CC[N+](CC)(CC)CC.O.O.O.O.O.O. The fourth-order valence-corrected chi connectivity index (χ4v) is 1.34. The molecule has 0 unspecified atom stereocenters. The molecular weight excluding hydrogens is 262 g/mol. The van der Waals surface area contributed by atoms with Crippen LogP contribution in [0.5, 0.6) is 0 Å². The minimum Gasteiger partial charge on any atom is -0.550 e. The topological polar surface area (TPSA) is 229 Å². The third kappa shape index (κ3) is 31.7. The van der Waals surface area contributed by atoms with Gasteiger partial charge in [0.15, 0.2) is 0 Å². The molecule has 9 nitrogen and oxygen atoms in total. The Bertz CT molecular complexity index is 120. The predicted octanol–water partition coefficient (Wildman–Crippen LogP) is -4.31. The third-order valence-electron chi connectivity index (χ3n) is 2.68. The van der Waals surface area contributed by atoms with Crippen molar-refractivity contribution in [2.45, 2.75) is 34.6 Å². The lowest BCUT2D eigenvalue weighted by molar-refractivity contribution is -0.921. The first-order valence-corrected chi connectivity index (χ1v) is 5.00. The minimum absolute atomic E-state index is 0. The van der Waals surface area contributed by atoms with Crippen LogP contribution in [0, 0.1) is 0 Å². The Balaban J connectivity index is -0.0000000183. The minimum atomic E-state index is -1.08. The van der Waals surface area contributed by atoms with Gasteiger partial charge in [-0.15, -0.1) is 0 Å². The first-order valence-electron chi connectivity index (χ1n) is 5.00. The highest BCUT2D eigenvalue weighted by molar-refractivity contribution is 5.60. The Morgan fingerprint density at radius 3 is 0.842 bits per heavy atom. The van der Waals surface area contributed by atoms with Crippen LogP contribution >= 0.6 is 0 Å². The highest BCUT2D eigenvalue weighted by Gasteiger charge is 2.16. The van der Waals surface area contributed by atoms with Gasteiger partial charge in [-0.1, -0.05) is 0 Å². The fraction of sp³-hybridized carbons (Fsp3) is 0.900. The van der Waals surface area contributed by atoms with Crippen LogP contribution in [0.25, 0.3) is 0 Å². The van der Waals surface area contributed by atoms with Crippen molar-refractivity contribution in [3.63, 3.8) is 0 Å². The lowest BCUT2D eigenvalue weighted by Gasteiger charge is -2.34. The largest absolute Gasteiger partial charge is 0.550 e. The first kappa shape index (κ1) is 51.8. The van der Waals surface area contributed by atoms with Crippen LogP contribution in [-0.4, -0.2) is 69.5 Å². The number of carboxylic acid groups (broad SMARTS) is 1. The molecule has 0 heterocycles. The molecule has 0 aliphatic heterocycles. The van der Waals surface area contributed by atoms with E-state index in [1.165, 1.54) is 30.7 Å². The van der Waals surface area contributed by atoms with Gasteiger partial charge in [0.2, 0.25) is 0 Å². The summed E-state index contributed by atoms with van der Waals surface area (Å²) in [5, 5.41) is 8.89. The first-order chi connectivity index (χ1) is 5.97. The Morgan fingerprint density at radius 1 is 0.737 bits per heavy atom. The number of carbonyl (C=O) groups excluding carboxylic acids is 1. The smallest absolute Gasteiger partial charge is 0.0757 e. The van der Waals surface area contributed by atoms with Crippen molar-refractivity contribution in [2.75, 3.05) is 26.2 Å². The van der Waals surface area contributed by atoms with Crippen LogP contribution < -0.4 is 5.11 Å². The van der Waals surface area contributed by atoms with Crippen LogP contribution in [-0.2, 0) is 4.79 Å². The molecule has 0 atom stereocenters. The average molecular weight is 297 g/mol. The standard InChI is InChI=1S/C8H20N.C2H4O2.6H2O/c1-5-9(6-2,7-3)8-4;1-2(3)4;;;;;;/h5-8H2,1-4H3;1H3,(H,3,4);6*1H2/q+1;;;;;;;/p-1. The van der Waals surface area contributed by atoms with Crippen LogP contribution in [0.1, 0.15) is 34.6 Å². The van der Waals surface area contributed by atoms with E-state index in [-0.39, 0.29) is 32.9 Å². The third-order valence-corrected chi connectivity index (χ3v) is 2.68. The molecule has 0 saturated carbocycles. The van der Waals surface area contributed by atoms with Crippen molar-refractivity contribution in [1.82, 2.24) is 0 Å². The summed E-state index contributed by atoms with van der Waals surface area (Å²) in [7, 11) is 0. The van der Waals surface area contributed by atoms with Crippen LogP contribution in [0.15, 0.2) is 0 Å². The molecule has 0 radical (unpaired) electrons. The van der Waals surface area contributed by atoms with E-state index in [1.807, 2.05) is 0 Å². The zero-order valence-electron chi connectivity index (χ0n) is 12.6. The summed E-state index contributed by atoms with van der Waals surface area (Å²) in [5.41, 5.74) is 0. The Kier molecular flexibility index (Phi) is 82.6. The van der Waals surface area contributed by atoms with Crippen LogP contribution in [0.2, 0.25) is 0 Å². The molecule has 0 aliphatic carbocycles. The van der Waals surface area contributed by atoms with E-state index in [4.69, 9.17) is 9.90 Å². The second kappa shape index (κ2) is 30.3. The van der Waals surface area contributed by atoms with Crippen molar-refractivity contribution in [3.05, 3.63) is 0 Å². The maximum Gasteiger partial charge on any atom is 0.0757 e. The molecule has 0 bridgehead atoms. The number of hydrogen-bond donors (Lipinski definition) is 0. The van der Waals surface area contributed by atoms with Crippen molar-refractivity contribution < 1.29 is 47.2 Å². The zero-order valence-corrected chi connectivity index (χ0v) is 12.6. The van der Waals surface area contributed by atoms with E-state index in [0.29, 0.717) is 0 Å². The molecule has 0 saturated heterocycles. The van der Waals surface area contributed by atoms with Gasteiger partial charge in [0, 0.05) is 5.97 Å². The monoisotopic (exact) mass is 297 g/mol. The summed E-state index contributed by atoms with van der Waals surface area (Å²) in [6.07, 6.45) is 0. The van der Waals surface area contributed by atoms with E-state index < -0.39 is 5.97 Å². The molecule has 0 amide bonds. The lowest BCUT2D eigenvalue weighted by atomic mass is 10.3. The zero-order chi connectivity index (χ0) is 10.9. The Hall–Kier alpha value is -0.810. The van der Waals surface area contributed by atoms with Crippen molar-refractivity contribution in [3.8, 4) is 0 Å². The second-order valence-electron chi connectivity index (χ2n) is 3.10. The molecule has 0 rings (SSSR count). The molecule has 0 aromatic heterocycles. The molecule has 0 spiro atoms. The van der Waals surface area contributed by atoms with Crippen LogP contribution in [0.4, 0.5) is 0 Å². The van der Waals surface area contributed by atoms with Crippen molar-refractivity contribution in [1.29, 1.82) is 0 Å². The Morgan fingerprint density at radius 2 is 0.842 bits per heavy atom. The maximum atomic E-state index is 8.89.